The number of thioether (sulfide) groups is 1. The molecule has 1 atom stereocenters. The summed E-state index contributed by atoms with van der Waals surface area (Å²) >= 11 is 1.77. The lowest BCUT2D eigenvalue weighted by Gasteiger charge is -2.15. The summed E-state index contributed by atoms with van der Waals surface area (Å²) in [6, 6.07) is 4.86. The number of halogens is 3. The summed E-state index contributed by atoms with van der Waals surface area (Å²) in [7, 11) is 0. The quantitative estimate of drug-likeness (QED) is 0.441. The van der Waals surface area contributed by atoms with Gasteiger partial charge in [0.2, 0.25) is 0 Å². The van der Waals surface area contributed by atoms with E-state index >= 15 is 0 Å². The molecule has 1 aliphatic carbocycles. The second-order valence-corrected chi connectivity index (χ2v) is 8.89. The molecule has 1 aliphatic rings. The Balaban J connectivity index is 1.68. The van der Waals surface area contributed by atoms with Gasteiger partial charge in [-0.2, -0.15) is 18.4 Å². The summed E-state index contributed by atoms with van der Waals surface area (Å²) in [5.74, 6) is -2.27. The molecule has 3 amide bonds. The minimum Gasteiger partial charge on any atom is -0.452 e. The Morgan fingerprint density at radius 3 is 2.70 bits per heavy atom. The van der Waals surface area contributed by atoms with Crippen LogP contribution in [-0.4, -0.2) is 40.8 Å². The molecule has 0 aromatic carbocycles. The number of hydrogen-bond acceptors (Lipinski definition) is 8. The summed E-state index contributed by atoms with van der Waals surface area (Å²) in [4.78, 5) is 40.3. The predicted octanol–water partition coefficient (Wildman–Crippen LogP) is 3.71. The molecule has 8 nitrogen and oxygen atoms in total. The van der Waals surface area contributed by atoms with E-state index in [2.05, 4.69) is 10.3 Å². The molecule has 0 saturated heterocycles. The third-order valence-electron chi connectivity index (χ3n) is 4.33. The van der Waals surface area contributed by atoms with Crippen molar-refractivity contribution in [3.05, 3.63) is 34.7 Å². The van der Waals surface area contributed by atoms with E-state index in [1.807, 2.05) is 5.32 Å². The van der Waals surface area contributed by atoms with Crippen LogP contribution < -0.4 is 10.6 Å². The first-order valence-electron chi connectivity index (χ1n) is 9.58. The van der Waals surface area contributed by atoms with Gasteiger partial charge < -0.3 is 10.1 Å². The van der Waals surface area contributed by atoms with Crippen LogP contribution in [0.5, 0.6) is 0 Å². The van der Waals surface area contributed by atoms with Crippen molar-refractivity contribution in [3.8, 4) is 16.6 Å². The summed E-state index contributed by atoms with van der Waals surface area (Å²) in [5, 5.41) is 15.3. The van der Waals surface area contributed by atoms with E-state index in [4.69, 9.17) is 4.74 Å². The summed E-state index contributed by atoms with van der Waals surface area (Å²) in [6.07, 6.45) is -4.46. The number of nitrogens with one attached hydrogen (secondary N) is 2. The standard InChI is InChI=1S/C20H17F3N4O4S2/c1-10(17(29)27-19(30)25-11-4-5-11)31-16(28)9-33-18-12(8-24)13(20(21,22)23)7-14(26-18)15-3-2-6-32-15/h2-3,6-7,10-11H,4-5,9H2,1H3,(H2,25,27,29,30)/t10-/m1/s1. The Morgan fingerprint density at radius 1 is 1.39 bits per heavy atom. The van der Waals surface area contributed by atoms with Gasteiger partial charge in [-0.1, -0.05) is 17.8 Å². The average molecular weight is 499 g/mol. The number of imide groups is 1. The maximum Gasteiger partial charge on any atom is 0.417 e. The van der Waals surface area contributed by atoms with Crippen molar-refractivity contribution >= 4 is 41.0 Å². The van der Waals surface area contributed by atoms with Crippen molar-refractivity contribution in [2.45, 2.75) is 43.1 Å². The number of alkyl halides is 3. The number of carbonyl (C=O) groups is 3. The van der Waals surface area contributed by atoms with Crippen molar-refractivity contribution < 1.29 is 32.3 Å². The molecular weight excluding hydrogens is 481 g/mol. The molecule has 0 unspecified atom stereocenters. The Morgan fingerprint density at radius 2 is 2.12 bits per heavy atom. The minimum absolute atomic E-state index is 0.0154. The number of carbonyl (C=O) groups excluding carboxylic acids is 3. The van der Waals surface area contributed by atoms with Gasteiger partial charge in [-0.05, 0) is 37.3 Å². The summed E-state index contributed by atoms with van der Waals surface area (Å²) in [5.41, 5.74) is -1.85. The summed E-state index contributed by atoms with van der Waals surface area (Å²) in [6.45, 7) is 1.25. The van der Waals surface area contributed by atoms with E-state index in [0.717, 1.165) is 18.9 Å². The van der Waals surface area contributed by atoms with Gasteiger partial charge in [0.25, 0.3) is 5.91 Å². The third-order valence-corrected chi connectivity index (χ3v) is 6.17. The van der Waals surface area contributed by atoms with E-state index in [0.29, 0.717) is 16.6 Å². The number of urea groups is 1. The fourth-order valence-corrected chi connectivity index (χ4v) is 4.05. The van der Waals surface area contributed by atoms with Gasteiger partial charge in [-0.3, -0.25) is 14.9 Å². The molecule has 0 spiro atoms. The monoisotopic (exact) mass is 498 g/mol. The smallest absolute Gasteiger partial charge is 0.417 e. The van der Waals surface area contributed by atoms with Crippen LogP contribution in [0.4, 0.5) is 18.0 Å². The molecule has 0 radical (unpaired) electrons. The zero-order valence-electron chi connectivity index (χ0n) is 17.1. The van der Waals surface area contributed by atoms with E-state index < -0.39 is 47.1 Å². The number of amides is 3. The van der Waals surface area contributed by atoms with Gasteiger partial charge in [0.15, 0.2) is 6.10 Å². The largest absolute Gasteiger partial charge is 0.452 e. The van der Waals surface area contributed by atoms with Crippen LogP contribution >= 0.6 is 23.1 Å². The number of aromatic nitrogens is 1. The minimum atomic E-state index is -4.80. The molecule has 0 bridgehead atoms. The Labute approximate surface area is 194 Å². The Bertz CT molecular complexity index is 1100. The van der Waals surface area contributed by atoms with Gasteiger partial charge in [0, 0.05) is 6.04 Å². The SMILES string of the molecule is C[C@@H](OC(=O)CSc1nc(-c2cccs2)cc(C(F)(F)F)c1C#N)C(=O)NC(=O)NC1CC1. The Kier molecular flexibility index (Phi) is 7.60. The maximum absolute atomic E-state index is 13.5. The molecule has 2 heterocycles. The second kappa shape index (κ2) is 10.2. The lowest BCUT2D eigenvalue weighted by atomic mass is 10.1. The molecule has 2 aromatic heterocycles. The van der Waals surface area contributed by atoms with Crippen LogP contribution in [0.2, 0.25) is 0 Å². The number of ether oxygens (including phenoxy) is 1. The van der Waals surface area contributed by atoms with Crippen LogP contribution in [0.1, 0.15) is 30.9 Å². The van der Waals surface area contributed by atoms with Gasteiger partial charge in [0.05, 0.1) is 27.5 Å². The highest BCUT2D eigenvalue weighted by Gasteiger charge is 2.36. The molecule has 0 aliphatic heterocycles. The number of thiophene rings is 1. The van der Waals surface area contributed by atoms with Crippen LogP contribution in [0.15, 0.2) is 28.6 Å². The van der Waals surface area contributed by atoms with Gasteiger partial charge in [0.1, 0.15) is 11.1 Å². The highest BCUT2D eigenvalue weighted by molar-refractivity contribution is 7.99. The molecule has 2 N–H and O–H groups in total. The molecule has 2 aromatic rings. The fourth-order valence-electron chi connectivity index (χ4n) is 2.58. The molecule has 3 rings (SSSR count). The van der Waals surface area contributed by atoms with Gasteiger partial charge >= 0.3 is 18.2 Å². The predicted molar refractivity (Wildman–Crippen MR) is 113 cm³/mol. The van der Waals surface area contributed by atoms with E-state index in [-0.39, 0.29) is 16.8 Å². The van der Waals surface area contributed by atoms with Gasteiger partial charge in [-0.25, -0.2) is 9.78 Å². The normalized spacial score (nSPS) is 14.2. The highest BCUT2D eigenvalue weighted by Crippen LogP contribution is 2.38. The lowest BCUT2D eigenvalue weighted by Crippen LogP contribution is -2.45. The van der Waals surface area contributed by atoms with Crippen molar-refractivity contribution in [2.75, 3.05) is 5.75 Å². The van der Waals surface area contributed by atoms with E-state index in [1.54, 1.807) is 17.5 Å². The van der Waals surface area contributed by atoms with Crippen molar-refractivity contribution in [1.29, 1.82) is 5.26 Å². The third kappa shape index (κ3) is 6.69. The van der Waals surface area contributed by atoms with Crippen LogP contribution in [-0.2, 0) is 20.5 Å². The highest BCUT2D eigenvalue weighted by atomic mass is 32.2. The molecule has 1 fully saturated rings. The number of nitrogens with zero attached hydrogens (tertiary/aromatic N) is 2. The number of hydrogen-bond donors (Lipinski definition) is 2. The second-order valence-electron chi connectivity index (χ2n) is 6.98. The number of rotatable bonds is 7. The summed E-state index contributed by atoms with van der Waals surface area (Å²) < 4.78 is 45.5. The average Bonchev–Trinajstić information content (AvgIpc) is 3.38. The molecule has 174 valence electrons. The zero-order valence-corrected chi connectivity index (χ0v) is 18.7. The van der Waals surface area contributed by atoms with Crippen molar-refractivity contribution in [1.82, 2.24) is 15.6 Å². The molecular formula is C20H17F3N4O4S2. The lowest BCUT2D eigenvalue weighted by molar-refractivity contribution is -0.151. The maximum atomic E-state index is 13.5. The van der Waals surface area contributed by atoms with Crippen LogP contribution in [0.3, 0.4) is 0 Å². The number of pyridine rings is 1. The van der Waals surface area contributed by atoms with E-state index in [1.165, 1.54) is 24.3 Å². The first-order valence-corrected chi connectivity index (χ1v) is 11.4. The Hall–Kier alpha value is -3.11. The number of nitriles is 1. The van der Waals surface area contributed by atoms with E-state index in [9.17, 15) is 32.8 Å². The van der Waals surface area contributed by atoms with Gasteiger partial charge in [-0.15, -0.1) is 11.3 Å². The molecule has 1 saturated carbocycles. The van der Waals surface area contributed by atoms with Crippen molar-refractivity contribution in [2.24, 2.45) is 0 Å². The zero-order chi connectivity index (χ0) is 24.2. The fraction of sp³-hybridized carbons (Fsp3) is 0.350. The first-order chi connectivity index (χ1) is 15.6. The van der Waals surface area contributed by atoms with Crippen LogP contribution in [0, 0.1) is 11.3 Å². The first kappa shape index (κ1) is 24.5. The molecule has 13 heteroatoms. The topological polar surface area (TPSA) is 121 Å². The van der Waals surface area contributed by atoms with Crippen molar-refractivity contribution in [3.63, 3.8) is 0 Å². The molecule has 33 heavy (non-hydrogen) atoms. The van der Waals surface area contributed by atoms with Crippen LogP contribution in [0.25, 0.3) is 10.6 Å². The number of esters is 1.